The zero-order chi connectivity index (χ0) is 16.1. The second-order valence-corrected chi connectivity index (χ2v) is 7.04. The molecule has 1 amide bonds. The zero-order valence-electron chi connectivity index (χ0n) is 13.3. The maximum absolute atomic E-state index is 12.2. The van der Waals surface area contributed by atoms with Gasteiger partial charge >= 0.3 is 0 Å². The Labute approximate surface area is 140 Å². The quantitative estimate of drug-likeness (QED) is 0.823. The lowest BCUT2D eigenvalue weighted by Crippen LogP contribution is -2.17. The summed E-state index contributed by atoms with van der Waals surface area (Å²) in [4.78, 5) is 12.2. The molecule has 1 aromatic carbocycles. The molecule has 0 atom stereocenters. The Morgan fingerprint density at radius 1 is 1.04 bits per heavy atom. The summed E-state index contributed by atoms with van der Waals surface area (Å²) in [5.74, 6) is -0.151. The summed E-state index contributed by atoms with van der Waals surface area (Å²) in [7, 11) is 0. The van der Waals surface area contributed by atoms with Crippen LogP contribution in [0.15, 0.2) is 24.3 Å². The average molecular weight is 330 g/mol. The van der Waals surface area contributed by atoms with Gasteiger partial charge < -0.3 is 5.32 Å². The first-order valence-corrected chi connectivity index (χ1v) is 9.00. The van der Waals surface area contributed by atoms with Crippen molar-refractivity contribution in [2.24, 2.45) is 0 Å². The molecule has 23 heavy (non-hydrogen) atoms. The first-order chi connectivity index (χ1) is 11.2. The van der Waals surface area contributed by atoms with E-state index in [0.717, 1.165) is 10.7 Å². The highest BCUT2D eigenvalue weighted by molar-refractivity contribution is 7.19. The van der Waals surface area contributed by atoms with Gasteiger partial charge in [-0.05, 0) is 31.9 Å². The number of aromatic nitrogens is 2. The third kappa shape index (κ3) is 4.51. The Kier molecular flexibility index (Phi) is 5.23. The second kappa shape index (κ2) is 7.55. The maximum Gasteiger partial charge on any atom is 0.257 e. The standard InChI is InChI=1S/C17H22N4OS/c1-12-8-10-13(11-9-12)15(22)19-17-21-20-16(23-17)18-14-6-4-2-3-5-7-14/h8-11,14H,2-7H2,1H3,(H,18,20)(H,19,21,22). The van der Waals surface area contributed by atoms with Crippen LogP contribution in [0.3, 0.4) is 0 Å². The minimum atomic E-state index is -0.151. The smallest absolute Gasteiger partial charge is 0.257 e. The predicted octanol–water partition coefficient (Wildman–Crippen LogP) is 4.23. The topological polar surface area (TPSA) is 66.9 Å². The molecule has 1 saturated carbocycles. The van der Waals surface area contributed by atoms with E-state index in [1.807, 2.05) is 31.2 Å². The van der Waals surface area contributed by atoms with Gasteiger partial charge in [-0.15, -0.1) is 10.2 Å². The lowest BCUT2D eigenvalue weighted by molar-refractivity contribution is 0.102. The van der Waals surface area contributed by atoms with E-state index in [0.29, 0.717) is 16.7 Å². The number of aryl methyl sites for hydroxylation is 1. The molecule has 1 aliphatic carbocycles. The fourth-order valence-electron chi connectivity index (χ4n) is 2.80. The minimum Gasteiger partial charge on any atom is -0.357 e. The van der Waals surface area contributed by atoms with Crippen molar-refractivity contribution in [1.82, 2.24) is 10.2 Å². The van der Waals surface area contributed by atoms with Crippen LogP contribution < -0.4 is 10.6 Å². The van der Waals surface area contributed by atoms with Gasteiger partial charge in [-0.3, -0.25) is 10.1 Å². The van der Waals surface area contributed by atoms with Crippen molar-refractivity contribution in [2.45, 2.75) is 51.5 Å². The monoisotopic (exact) mass is 330 g/mol. The average Bonchev–Trinajstić information content (AvgIpc) is 2.81. The summed E-state index contributed by atoms with van der Waals surface area (Å²) in [5, 5.41) is 15.8. The third-order valence-electron chi connectivity index (χ3n) is 4.14. The number of anilines is 2. The molecule has 2 N–H and O–H groups in total. The lowest BCUT2D eigenvalue weighted by atomic mass is 10.1. The Morgan fingerprint density at radius 3 is 2.39 bits per heavy atom. The summed E-state index contributed by atoms with van der Waals surface area (Å²) in [5.41, 5.74) is 1.76. The van der Waals surface area contributed by atoms with Gasteiger partial charge in [0.1, 0.15) is 0 Å². The number of rotatable bonds is 4. The number of benzene rings is 1. The van der Waals surface area contributed by atoms with Crippen LogP contribution in [0.25, 0.3) is 0 Å². The van der Waals surface area contributed by atoms with Gasteiger partial charge in [0.2, 0.25) is 10.3 Å². The maximum atomic E-state index is 12.2. The molecular formula is C17H22N4OS. The highest BCUT2D eigenvalue weighted by atomic mass is 32.1. The van der Waals surface area contributed by atoms with Gasteiger partial charge in [0.05, 0.1) is 0 Å². The highest BCUT2D eigenvalue weighted by Gasteiger charge is 2.15. The Morgan fingerprint density at radius 2 is 1.70 bits per heavy atom. The van der Waals surface area contributed by atoms with Gasteiger partial charge in [0.25, 0.3) is 5.91 Å². The lowest BCUT2D eigenvalue weighted by Gasteiger charge is -2.14. The van der Waals surface area contributed by atoms with Crippen molar-refractivity contribution in [3.05, 3.63) is 35.4 Å². The van der Waals surface area contributed by atoms with Crippen LogP contribution in [0.4, 0.5) is 10.3 Å². The summed E-state index contributed by atoms with van der Waals surface area (Å²) in [6, 6.07) is 7.96. The van der Waals surface area contributed by atoms with Crippen LogP contribution in [0.5, 0.6) is 0 Å². The van der Waals surface area contributed by atoms with E-state index >= 15 is 0 Å². The summed E-state index contributed by atoms with van der Waals surface area (Å²) in [6.45, 7) is 2.00. The van der Waals surface area contributed by atoms with Gasteiger partial charge in [0.15, 0.2) is 0 Å². The van der Waals surface area contributed by atoms with Gasteiger partial charge in [-0.2, -0.15) is 0 Å². The number of hydrogen-bond acceptors (Lipinski definition) is 5. The highest BCUT2D eigenvalue weighted by Crippen LogP contribution is 2.25. The van der Waals surface area contributed by atoms with Crippen molar-refractivity contribution < 1.29 is 4.79 Å². The molecular weight excluding hydrogens is 308 g/mol. The van der Waals surface area contributed by atoms with Crippen LogP contribution in [0.1, 0.15) is 54.4 Å². The summed E-state index contributed by atoms with van der Waals surface area (Å²) >= 11 is 1.39. The van der Waals surface area contributed by atoms with Crippen molar-refractivity contribution in [3.63, 3.8) is 0 Å². The third-order valence-corrected chi connectivity index (χ3v) is 4.91. The zero-order valence-corrected chi connectivity index (χ0v) is 14.2. The van der Waals surface area contributed by atoms with Crippen LogP contribution in [-0.4, -0.2) is 22.1 Å². The minimum absolute atomic E-state index is 0.151. The van der Waals surface area contributed by atoms with Crippen LogP contribution in [0.2, 0.25) is 0 Å². The fraction of sp³-hybridized carbons (Fsp3) is 0.471. The molecule has 0 aliphatic heterocycles. The molecule has 6 heteroatoms. The number of nitrogens with one attached hydrogen (secondary N) is 2. The van der Waals surface area contributed by atoms with Crippen molar-refractivity contribution in [2.75, 3.05) is 10.6 Å². The van der Waals surface area contributed by atoms with E-state index in [-0.39, 0.29) is 5.91 Å². The molecule has 1 heterocycles. The molecule has 1 aromatic heterocycles. The molecule has 5 nitrogen and oxygen atoms in total. The Balaban J connectivity index is 1.58. The molecule has 0 spiro atoms. The number of carbonyl (C=O) groups excluding carboxylic acids is 1. The Bertz CT molecular complexity index is 645. The summed E-state index contributed by atoms with van der Waals surface area (Å²) in [6.07, 6.45) is 7.56. The van der Waals surface area contributed by atoms with Crippen molar-refractivity contribution in [3.8, 4) is 0 Å². The molecule has 1 fully saturated rings. The normalized spacial score (nSPS) is 15.9. The number of amides is 1. The fourth-order valence-corrected chi connectivity index (χ4v) is 3.52. The molecule has 0 radical (unpaired) electrons. The number of hydrogen-bond donors (Lipinski definition) is 2. The van der Waals surface area contributed by atoms with E-state index in [9.17, 15) is 4.79 Å². The van der Waals surface area contributed by atoms with E-state index in [2.05, 4.69) is 20.8 Å². The molecule has 122 valence electrons. The van der Waals surface area contributed by atoms with Gasteiger partial charge in [-0.25, -0.2) is 0 Å². The number of carbonyl (C=O) groups is 1. The van der Waals surface area contributed by atoms with E-state index < -0.39 is 0 Å². The van der Waals surface area contributed by atoms with Gasteiger partial charge in [-0.1, -0.05) is 54.7 Å². The largest absolute Gasteiger partial charge is 0.357 e. The first kappa shape index (κ1) is 15.9. The molecule has 0 bridgehead atoms. The molecule has 0 unspecified atom stereocenters. The van der Waals surface area contributed by atoms with Crippen molar-refractivity contribution in [1.29, 1.82) is 0 Å². The van der Waals surface area contributed by atoms with E-state index in [1.54, 1.807) is 0 Å². The van der Waals surface area contributed by atoms with Crippen LogP contribution in [-0.2, 0) is 0 Å². The Hall–Kier alpha value is -1.95. The first-order valence-electron chi connectivity index (χ1n) is 8.19. The van der Waals surface area contributed by atoms with E-state index in [4.69, 9.17) is 0 Å². The molecule has 0 saturated heterocycles. The van der Waals surface area contributed by atoms with Crippen LogP contribution >= 0.6 is 11.3 Å². The van der Waals surface area contributed by atoms with Gasteiger partial charge in [0, 0.05) is 11.6 Å². The molecule has 3 rings (SSSR count). The van der Waals surface area contributed by atoms with Crippen molar-refractivity contribution >= 4 is 27.5 Å². The molecule has 1 aliphatic rings. The van der Waals surface area contributed by atoms with Crippen LogP contribution in [0, 0.1) is 6.92 Å². The SMILES string of the molecule is Cc1ccc(C(=O)Nc2nnc(NC3CCCCCC3)s2)cc1. The second-order valence-electron chi connectivity index (χ2n) is 6.07. The summed E-state index contributed by atoms with van der Waals surface area (Å²) < 4.78 is 0. The van der Waals surface area contributed by atoms with E-state index in [1.165, 1.54) is 49.9 Å². The molecule has 2 aromatic rings. The predicted molar refractivity (Wildman–Crippen MR) is 94.2 cm³/mol. The number of nitrogens with zero attached hydrogens (tertiary/aromatic N) is 2.